The van der Waals surface area contributed by atoms with Crippen molar-refractivity contribution in [2.75, 3.05) is 4.90 Å². The average molecular weight is 445 g/mol. The smallest absolute Gasteiger partial charge is 0.269 e. The minimum atomic E-state index is -0.447. The van der Waals surface area contributed by atoms with Crippen molar-refractivity contribution < 1.29 is 14.6 Å². The van der Waals surface area contributed by atoms with E-state index < -0.39 is 9.85 Å². The number of rotatable bonds is 6. The van der Waals surface area contributed by atoms with Gasteiger partial charge in [-0.1, -0.05) is 49.4 Å². The summed E-state index contributed by atoms with van der Waals surface area (Å²) in [5.74, 6) is -0.183. The fourth-order valence-electron chi connectivity index (χ4n) is 4.68. The molecule has 8 nitrogen and oxygen atoms in total. The molecule has 168 valence electrons. The molecule has 1 aliphatic heterocycles. The molecule has 0 amide bonds. The molecular weight excluding hydrogens is 422 g/mol. The van der Waals surface area contributed by atoms with Gasteiger partial charge in [-0.15, -0.1) is 0 Å². The number of non-ortho nitro benzene ring substituents is 2. The molecule has 0 aliphatic carbocycles. The molecule has 1 fully saturated rings. The predicted molar refractivity (Wildman–Crippen MR) is 124 cm³/mol. The Morgan fingerprint density at radius 1 is 0.818 bits per heavy atom. The van der Waals surface area contributed by atoms with Crippen LogP contribution >= 0.6 is 0 Å². The monoisotopic (exact) mass is 445 g/mol. The minimum absolute atomic E-state index is 0.00730. The molecule has 4 rings (SSSR count). The third kappa shape index (κ3) is 4.32. The second-order valence-corrected chi connectivity index (χ2v) is 8.09. The van der Waals surface area contributed by atoms with E-state index in [-0.39, 0.29) is 41.6 Å². The largest absolute Gasteiger partial charge is 0.356 e. The normalized spacial score (nSPS) is 20.5. The maximum absolute atomic E-state index is 13.3. The summed E-state index contributed by atoms with van der Waals surface area (Å²) in [5.41, 5.74) is 2.52. The highest BCUT2D eigenvalue weighted by Gasteiger charge is 2.43. The number of nitro groups is 2. The molecule has 3 aromatic carbocycles. The van der Waals surface area contributed by atoms with Crippen LogP contribution in [0.4, 0.5) is 17.1 Å². The lowest BCUT2D eigenvalue weighted by molar-refractivity contribution is -0.385. The Labute approximate surface area is 190 Å². The van der Waals surface area contributed by atoms with Gasteiger partial charge in [-0.3, -0.25) is 25.0 Å². The number of piperidine rings is 1. The van der Waals surface area contributed by atoms with E-state index in [2.05, 4.69) is 4.90 Å². The van der Waals surface area contributed by atoms with E-state index in [4.69, 9.17) is 0 Å². The summed E-state index contributed by atoms with van der Waals surface area (Å²) in [6.07, 6.45) is 0.894. The number of nitrogens with zero attached hydrogens (tertiary/aromatic N) is 3. The number of nitro benzene ring substituents is 2. The zero-order valence-corrected chi connectivity index (χ0v) is 18.0. The van der Waals surface area contributed by atoms with Crippen LogP contribution in [-0.4, -0.2) is 15.6 Å². The maximum atomic E-state index is 13.3. The van der Waals surface area contributed by atoms with Gasteiger partial charge in [-0.25, -0.2) is 0 Å². The Bertz CT molecular complexity index is 1160. The zero-order chi connectivity index (χ0) is 23.5. The van der Waals surface area contributed by atoms with Crippen LogP contribution in [0.5, 0.6) is 0 Å². The molecule has 3 atom stereocenters. The van der Waals surface area contributed by atoms with Gasteiger partial charge in [0.2, 0.25) is 0 Å². The molecule has 8 heteroatoms. The topological polar surface area (TPSA) is 107 Å². The van der Waals surface area contributed by atoms with Gasteiger partial charge in [0.15, 0.2) is 0 Å². The van der Waals surface area contributed by atoms with E-state index >= 15 is 0 Å². The molecule has 33 heavy (non-hydrogen) atoms. The van der Waals surface area contributed by atoms with E-state index in [0.717, 1.165) is 16.8 Å². The summed E-state index contributed by atoms with van der Waals surface area (Å²) >= 11 is 0. The summed E-state index contributed by atoms with van der Waals surface area (Å²) in [6, 6.07) is 21.7. The Morgan fingerprint density at radius 2 is 1.33 bits per heavy atom. The van der Waals surface area contributed by atoms with Gasteiger partial charge in [0.1, 0.15) is 5.78 Å². The molecule has 1 heterocycles. The zero-order valence-electron chi connectivity index (χ0n) is 18.0. The molecule has 1 saturated heterocycles. The highest BCUT2D eigenvalue weighted by molar-refractivity contribution is 5.86. The van der Waals surface area contributed by atoms with Crippen LogP contribution in [0.1, 0.15) is 43.0 Å². The number of anilines is 1. The van der Waals surface area contributed by atoms with Crippen molar-refractivity contribution in [1.82, 2.24) is 0 Å². The third-order valence-electron chi connectivity index (χ3n) is 6.25. The lowest BCUT2D eigenvalue weighted by Gasteiger charge is -2.47. The van der Waals surface area contributed by atoms with Crippen molar-refractivity contribution in [1.29, 1.82) is 0 Å². The standard InChI is InChI=1S/C25H23N3O5/c1-2-22-24(29)16-23(17-8-12-20(13-9-17)27(30)31)26(19-6-4-3-5-7-19)25(22)18-10-14-21(15-11-18)28(32)33/h3-15,22-23,25H,2,16H2,1H3/t22-,23+,25+/m0/s1. The number of benzene rings is 3. The molecule has 1 aliphatic rings. The summed E-state index contributed by atoms with van der Waals surface area (Å²) in [6.45, 7) is 1.97. The van der Waals surface area contributed by atoms with Crippen LogP contribution in [-0.2, 0) is 4.79 Å². The van der Waals surface area contributed by atoms with Gasteiger partial charge in [-0.2, -0.15) is 0 Å². The lowest BCUT2D eigenvalue weighted by Crippen LogP contribution is -2.45. The lowest BCUT2D eigenvalue weighted by atomic mass is 9.77. The molecule has 0 N–H and O–H groups in total. The summed E-state index contributed by atoms with van der Waals surface area (Å²) < 4.78 is 0. The second kappa shape index (κ2) is 9.20. The molecule has 0 radical (unpaired) electrons. The van der Waals surface area contributed by atoms with Crippen LogP contribution in [0.2, 0.25) is 0 Å². The van der Waals surface area contributed by atoms with E-state index in [1.165, 1.54) is 24.3 Å². The fraction of sp³-hybridized carbons (Fsp3) is 0.240. The van der Waals surface area contributed by atoms with E-state index in [0.29, 0.717) is 6.42 Å². The summed E-state index contributed by atoms with van der Waals surface area (Å²) in [5, 5.41) is 22.3. The maximum Gasteiger partial charge on any atom is 0.269 e. The number of hydrogen-bond acceptors (Lipinski definition) is 6. The van der Waals surface area contributed by atoms with Crippen LogP contribution < -0.4 is 4.90 Å². The molecule has 0 bridgehead atoms. The quantitative estimate of drug-likeness (QED) is 0.351. The average Bonchev–Trinajstić information content (AvgIpc) is 2.84. The predicted octanol–water partition coefficient (Wildman–Crippen LogP) is 5.79. The Balaban J connectivity index is 1.85. The molecule has 0 aromatic heterocycles. The molecule has 3 aromatic rings. The molecule has 0 spiro atoms. The van der Waals surface area contributed by atoms with Gasteiger partial charge >= 0.3 is 0 Å². The van der Waals surface area contributed by atoms with Crippen LogP contribution in [0.15, 0.2) is 78.9 Å². The summed E-state index contributed by atoms with van der Waals surface area (Å²) in [4.78, 5) is 36.8. The Hall–Kier alpha value is -4.07. The first-order chi connectivity index (χ1) is 15.9. The number of ketones is 1. The van der Waals surface area contributed by atoms with Crippen LogP contribution in [0, 0.1) is 26.1 Å². The van der Waals surface area contributed by atoms with Crippen molar-refractivity contribution in [3.63, 3.8) is 0 Å². The van der Waals surface area contributed by atoms with E-state index in [1.54, 1.807) is 24.3 Å². The minimum Gasteiger partial charge on any atom is -0.356 e. The van der Waals surface area contributed by atoms with Crippen LogP contribution in [0.3, 0.4) is 0 Å². The van der Waals surface area contributed by atoms with Crippen molar-refractivity contribution in [2.24, 2.45) is 5.92 Å². The highest BCUT2D eigenvalue weighted by Crippen LogP contribution is 2.47. The van der Waals surface area contributed by atoms with Crippen LogP contribution in [0.25, 0.3) is 0 Å². The first-order valence-electron chi connectivity index (χ1n) is 10.8. The third-order valence-corrected chi connectivity index (χ3v) is 6.25. The van der Waals surface area contributed by atoms with Gasteiger partial charge in [0.25, 0.3) is 11.4 Å². The second-order valence-electron chi connectivity index (χ2n) is 8.09. The number of hydrogen-bond donors (Lipinski definition) is 0. The van der Waals surface area contributed by atoms with Crippen molar-refractivity contribution >= 4 is 22.8 Å². The Kier molecular flexibility index (Phi) is 6.17. The number of Topliss-reactive ketones (excluding diaryl/α,β-unsaturated/α-hetero) is 1. The summed E-state index contributed by atoms with van der Waals surface area (Å²) in [7, 11) is 0. The van der Waals surface area contributed by atoms with Crippen molar-refractivity contribution in [2.45, 2.75) is 31.8 Å². The van der Waals surface area contributed by atoms with E-state index in [9.17, 15) is 25.0 Å². The molecule has 0 unspecified atom stereocenters. The molecular formula is C25H23N3O5. The van der Waals surface area contributed by atoms with Gasteiger partial charge in [0, 0.05) is 42.3 Å². The van der Waals surface area contributed by atoms with Gasteiger partial charge < -0.3 is 4.90 Å². The highest BCUT2D eigenvalue weighted by atomic mass is 16.6. The van der Waals surface area contributed by atoms with Gasteiger partial charge in [-0.05, 0) is 29.7 Å². The Morgan fingerprint density at radius 3 is 1.82 bits per heavy atom. The van der Waals surface area contributed by atoms with Crippen molar-refractivity contribution in [3.05, 3.63) is 110 Å². The number of carbonyl (C=O) groups excluding carboxylic acids is 1. The first kappa shape index (κ1) is 22.1. The van der Waals surface area contributed by atoms with E-state index in [1.807, 2.05) is 37.3 Å². The van der Waals surface area contributed by atoms with Gasteiger partial charge in [0.05, 0.1) is 21.9 Å². The molecule has 0 saturated carbocycles. The fourth-order valence-corrected chi connectivity index (χ4v) is 4.68. The SMILES string of the molecule is CC[C@H]1C(=O)C[C@H](c2ccc([N+](=O)[O-])cc2)N(c2ccccc2)[C@@H]1c1ccc([N+](=O)[O-])cc1. The number of carbonyl (C=O) groups is 1. The number of para-hydroxylation sites is 1. The van der Waals surface area contributed by atoms with Crippen molar-refractivity contribution in [3.8, 4) is 0 Å². The first-order valence-corrected chi connectivity index (χ1v) is 10.8.